The van der Waals surface area contributed by atoms with E-state index in [1.54, 1.807) is 11.3 Å². The molecule has 0 fully saturated rings. The number of nitrogens with one attached hydrogen (secondary N) is 2. The summed E-state index contributed by atoms with van der Waals surface area (Å²) in [5.74, 6) is 1.51. The Morgan fingerprint density at radius 3 is 2.67 bits per heavy atom. The maximum absolute atomic E-state index is 5.93. The highest BCUT2D eigenvalue weighted by atomic mass is 79.9. The van der Waals surface area contributed by atoms with Crippen molar-refractivity contribution in [3.8, 4) is 0 Å². The number of halogens is 2. The Morgan fingerprint density at radius 1 is 1.33 bits per heavy atom. The molecule has 2 N–H and O–H groups in total. The van der Waals surface area contributed by atoms with Gasteiger partial charge in [0.25, 0.3) is 0 Å². The van der Waals surface area contributed by atoms with Crippen LogP contribution in [0.2, 0.25) is 4.34 Å². The average molecular weight is 348 g/mol. The molecule has 18 heavy (non-hydrogen) atoms. The molecule has 0 saturated heterocycles. The van der Waals surface area contributed by atoms with Crippen LogP contribution in [0.1, 0.15) is 17.8 Å². The van der Waals surface area contributed by atoms with Crippen LogP contribution in [-0.2, 0) is 0 Å². The molecule has 96 valence electrons. The van der Waals surface area contributed by atoms with Crippen molar-refractivity contribution in [1.29, 1.82) is 0 Å². The summed E-state index contributed by atoms with van der Waals surface area (Å²) in [7, 11) is 1.82. The van der Waals surface area contributed by atoms with Crippen LogP contribution in [0.15, 0.2) is 22.9 Å². The number of nitrogens with zero attached hydrogens (tertiary/aromatic N) is 2. The van der Waals surface area contributed by atoms with Gasteiger partial charge in [0, 0.05) is 11.9 Å². The van der Waals surface area contributed by atoms with Gasteiger partial charge in [0.15, 0.2) is 0 Å². The molecular formula is C11H12BrClN4S. The Balaban J connectivity index is 2.19. The molecule has 2 aromatic heterocycles. The van der Waals surface area contributed by atoms with Crippen LogP contribution in [0.3, 0.4) is 0 Å². The van der Waals surface area contributed by atoms with Gasteiger partial charge in [-0.3, -0.25) is 0 Å². The van der Waals surface area contributed by atoms with E-state index in [0.717, 1.165) is 25.3 Å². The van der Waals surface area contributed by atoms with Crippen molar-refractivity contribution in [3.63, 3.8) is 0 Å². The zero-order valence-corrected chi connectivity index (χ0v) is 13.0. The highest BCUT2D eigenvalue weighted by Gasteiger charge is 2.12. The van der Waals surface area contributed by atoms with Gasteiger partial charge >= 0.3 is 0 Å². The van der Waals surface area contributed by atoms with E-state index in [1.807, 2.05) is 19.2 Å². The first-order valence-electron chi connectivity index (χ1n) is 5.32. The molecule has 1 unspecified atom stereocenters. The zero-order valence-electron chi connectivity index (χ0n) is 9.87. The third-order valence-electron chi connectivity index (χ3n) is 2.40. The lowest BCUT2D eigenvalue weighted by molar-refractivity contribution is 0.891. The molecule has 0 amide bonds. The minimum absolute atomic E-state index is 0.137. The first-order chi connectivity index (χ1) is 8.61. The predicted molar refractivity (Wildman–Crippen MR) is 80.6 cm³/mol. The molecule has 2 heterocycles. The highest BCUT2D eigenvalue weighted by molar-refractivity contribution is 9.10. The summed E-state index contributed by atoms with van der Waals surface area (Å²) in [6, 6.07) is 4.05. The lowest BCUT2D eigenvalue weighted by atomic mass is 10.3. The van der Waals surface area contributed by atoms with Crippen LogP contribution in [0, 0.1) is 0 Å². The van der Waals surface area contributed by atoms with E-state index in [2.05, 4.69) is 43.5 Å². The first kappa shape index (κ1) is 13.6. The van der Waals surface area contributed by atoms with Gasteiger partial charge in [-0.2, -0.15) is 0 Å². The second kappa shape index (κ2) is 5.86. The number of rotatable bonds is 4. The lowest BCUT2D eigenvalue weighted by Gasteiger charge is -2.15. The third kappa shape index (κ3) is 2.93. The maximum Gasteiger partial charge on any atom is 0.146 e. The monoisotopic (exact) mass is 346 g/mol. The summed E-state index contributed by atoms with van der Waals surface area (Å²) < 4.78 is 1.61. The smallest absolute Gasteiger partial charge is 0.146 e. The van der Waals surface area contributed by atoms with Gasteiger partial charge in [-0.05, 0) is 35.0 Å². The van der Waals surface area contributed by atoms with Crippen molar-refractivity contribution in [2.24, 2.45) is 0 Å². The van der Waals surface area contributed by atoms with E-state index >= 15 is 0 Å². The average Bonchev–Trinajstić information content (AvgIpc) is 2.78. The first-order valence-corrected chi connectivity index (χ1v) is 7.30. The number of thiophene rings is 1. The van der Waals surface area contributed by atoms with Crippen LogP contribution < -0.4 is 10.6 Å². The van der Waals surface area contributed by atoms with Gasteiger partial charge in [-0.15, -0.1) is 11.3 Å². The molecule has 0 aliphatic carbocycles. The Morgan fingerprint density at radius 2 is 2.06 bits per heavy atom. The standard InChI is InChI=1S/C11H12BrClN4S/c1-6(7-3-4-8(13)18-7)17-11-9(12)10(14-2)15-5-16-11/h3-6H,1-2H3,(H2,14,15,16,17). The lowest BCUT2D eigenvalue weighted by Crippen LogP contribution is -2.08. The fourth-order valence-electron chi connectivity index (χ4n) is 1.48. The van der Waals surface area contributed by atoms with E-state index in [4.69, 9.17) is 11.6 Å². The van der Waals surface area contributed by atoms with Crippen LogP contribution in [0.4, 0.5) is 11.6 Å². The van der Waals surface area contributed by atoms with E-state index in [1.165, 1.54) is 6.33 Å². The van der Waals surface area contributed by atoms with E-state index in [0.29, 0.717) is 0 Å². The maximum atomic E-state index is 5.93. The molecule has 1 atom stereocenters. The van der Waals surface area contributed by atoms with Gasteiger partial charge < -0.3 is 10.6 Å². The zero-order chi connectivity index (χ0) is 13.1. The molecule has 0 saturated carbocycles. The summed E-state index contributed by atoms with van der Waals surface area (Å²) in [6.45, 7) is 2.07. The summed E-state index contributed by atoms with van der Waals surface area (Å²) in [5.41, 5.74) is 0. The van der Waals surface area contributed by atoms with Crippen LogP contribution >= 0.6 is 38.9 Å². The number of hydrogen-bond acceptors (Lipinski definition) is 5. The van der Waals surface area contributed by atoms with Gasteiger partial charge in [0.05, 0.1) is 10.4 Å². The molecule has 7 heteroatoms. The summed E-state index contributed by atoms with van der Waals surface area (Å²) >= 11 is 11.0. The normalized spacial score (nSPS) is 12.2. The highest BCUT2D eigenvalue weighted by Crippen LogP contribution is 2.32. The Bertz CT molecular complexity index is 546. The second-order valence-electron chi connectivity index (χ2n) is 3.64. The van der Waals surface area contributed by atoms with E-state index in [9.17, 15) is 0 Å². The molecule has 0 radical (unpaired) electrons. The molecule has 0 bridgehead atoms. The molecular weight excluding hydrogens is 336 g/mol. The second-order valence-corrected chi connectivity index (χ2v) is 6.18. The molecule has 0 aliphatic heterocycles. The fourth-order valence-corrected chi connectivity index (χ4v) is 3.06. The van der Waals surface area contributed by atoms with Crippen molar-refractivity contribution in [1.82, 2.24) is 9.97 Å². The van der Waals surface area contributed by atoms with Crippen LogP contribution in [0.25, 0.3) is 0 Å². The van der Waals surface area contributed by atoms with Gasteiger partial charge in [-0.25, -0.2) is 9.97 Å². The van der Waals surface area contributed by atoms with Gasteiger partial charge in [0.1, 0.15) is 22.4 Å². The molecule has 4 nitrogen and oxygen atoms in total. The SMILES string of the molecule is CNc1ncnc(NC(C)c2ccc(Cl)s2)c1Br. The molecule has 0 aliphatic rings. The van der Waals surface area contributed by atoms with Crippen molar-refractivity contribution in [3.05, 3.63) is 32.1 Å². The Hall–Kier alpha value is -0.850. The summed E-state index contributed by atoms with van der Waals surface area (Å²) in [5, 5.41) is 6.32. The van der Waals surface area contributed by atoms with Crippen molar-refractivity contribution < 1.29 is 0 Å². The molecule has 2 rings (SSSR count). The molecule has 2 aromatic rings. The largest absolute Gasteiger partial charge is 0.372 e. The predicted octanol–water partition coefficient (Wildman–Crippen LogP) is 4.17. The Labute approximate surface area is 123 Å². The van der Waals surface area contributed by atoms with Gasteiger partial charge in [0.2, 0.25) is 0 Å². The minimum atomic E-state index is 0.137. The van der Waals surface area contributed by atoms with Gasteiger partial charge in [-0.1, -0.05) is 11.6 Å². The van der Waals surface area contributed by atoms with Crippen molar-refractivity contribution in [2.75, 3.05) is 17.7 Å². The third-order valence-corrected chi connectivity index (χ3v) is 4.57. The van der Waals surface area contributed by atoms with E-state index < -0.39 is 0 Å². The van der Waals surface area contributed by atoms with Crippen molar-refractivity contribution >= 4 is 50.5 Å². The Kier molecular flexibility index (Phi) is 4.42. The van der Waals surface area contributed by atoms with E-state index in [-0.39, 0.29) is 6.04 Å². The number of aromatic nitrogens is 2. The van der Waals surface area contributed by atoms with Crippen LogP contribution in [-0.4, -0.2) is 17.0 Å². The van der Waals surface area contributed by atoms with Crippen LogP contribution in [0.5, 0.6) is 0 Å². The summed E-state index contributed by atoms with van der Waals surface area (Å²) in [6.07, 6.45) is 1.52. The molecule has 0 aromatic carbocycles. The quantitative estimate of drug-likeness (QED) is 0.871. The number of anilines is 2. The van der Waals surface area contributed by atoms with Crippen molar-refractivity contribution in [2.45, 2.75) is 13.0 Å². The minimum Gasteiger partial charge on any atom is -0.372 e. The molecule has 0 spiro atoms. The topological polar surface area (TPSA) is 49.8 Å². The number of hydrogen-bond donors (Lipinski definition) is 2. The summed E-state index contributed by atoms with van der Waals surface area (Å²) in [4.78, 5) is 9.50. The fraction of sp³-hybridized carbons (Fsp3) is 0.273.